The van der Waals surface area contributed by atoms with E-state index in [9.17, 15) is 13.8 Å². The van der Waals surface area contributed by atoms with Gasteiger partial charge < -0.3 is 15.7 Å². The van der Waals surface area contributed by atoms with E-state index in [-0.39, 0.29) is 17.3 Å². The Morgan fingerprint density at radius 3 is 2.57 bits per heavy atom. The van der Waals surface area contributed by atoms with E-state index in [2.05, 4.69) is 10.6 Å². The summed E-state index contributed by atoms with van der Waals surface area (Å²) in [5.74, 6) is 0.0980. The van der Waals surface area contributed by atoms with Gasteiger partial charge in [0.1, 0.15) is 0 Å². The van der Waals surface area contributed by atoms with Gasteiger partial charge >= 0.3 is 12.0 Å². The number of carbonyl (C=O) groups is 2. The molecule has 1 heterocycles. The molecular formula is C13H15IN2O4S. The van der Waals surface area contributed by atoms with Crippen molar-refractivity contribution in [1.29, 1.82) is 0 Å². The number of hydrogen-bond acceptors (Lipinski definition) is 3. The van der Waals surface area contributed by atoms with Crippen LogP contribution in [0.3, 0.4) is 0 Å². The monoisotopic (exact) mass is 422 g/mol. The van der Waals surface area contributed by atoms with Crippen molar-refractivity contribution < 1.29 is 18.9 Å². The smallest absolute Gasteiger partial charge is 0.337 e. The van der Waals surface area contributed by atoms with Gasteiger partial charge in [-0.25, -0.2) is 9.59 Å². The van der Waals surface area contributed by atoms with Crippen LogP contribution in [0.2, 0.25) is 0 Å². The van der Waals surface area contributed by atoms with E-state index < -0.39 is 22.8 Å². The van der Waals surface area contributed by atoms with Crippen LogP contribution in [0.25, 0.3) is 0 Å². The second kappa shape index (κ2) is 7.21. The van der Waals surface area contributed by atoms with Gasteiger partial charge in [0.25, 0.3) is 0 Å². The summed E-state index contributed by atoms with van der Waals surface area (Å²) in [7, 11) is -0.776. The van der Waals surface area contributed by atoms with Crippen LogP contribution in [-0.2, 0) is 10.8 Å². The Morgan fingerprint density at radius 1 is 1.29 bits per heavy atom. The lowest BCUT2D eigenvalue weighted by Crippen LogP contribution is -2.41. The summed E-state index contributed by atoms with van der Waals surface area (Å²) >= 11 is 2.01. The maximum absolute atomic E-state index is 11.9. The topological polar surface area (TPSA) is 95.5 Å². The third-order valence-corrected chi connectivity index (χ3v) is 5.24. The number of nitrogens with one attached hydrogen (secondary N) is 2. The quantitative estimate of drug-likeness (QED) is 0.650. The minimum atomic E-state index is -1.09. The van der Waals surface area contributed by atoms with Crippen molar-refractivity contribution in [3.8, 4) is 0 Å². The number of aromatic carboxylic acids is 1. The maximum Gasteiger partial charge on any atom is 0.337 e. The highest BCUT2D eigenvalue weighted by Gasteiger charge is 2.20. The van der Waals surface area contributed by atoms with Gasteiger partial charge in [0.2, 0.25) is 0 Å². The van der Waals surface area contributed by atoms with E-state index in [1.807, 2.05) is 22.6 Å². The minimum absolute atomic E-state index is 0.0140. The second-order valence-corrected chi connectivity index (χ2v) is 7.66. The lowest BCUT2D eigenvalue weighted by atomic mass is 10.1. The van der Waals surface area contributed by atoms with E-state index in [0.717, 1.165) is 3.57 Å². The van der Waals surface area contributed by atoms with Gasteiger partial charge in [-0.2, -0.15) is 0 Å². The molecule has 2 rings (SSSR count). The summed E-state index contributed by atoms with van der Waals surface area (Å²) in [5, 5.41) is 14.5. The van der Waals surface area contributed by atoms with Crippen molar-refractivity contribution >= 4 is 51.1 Å². The van der Waals surface area contributed by atoms with Crippen LogP contribution in [0.15, 0.2) is 18.2 Å². The highest BCUT2D eigenvalue weighted by molar-refractivity contribution is 14.1. The average molecular weight is 422 g/mol. The standard InChI is InChI=1S/C13H15IN2O4S/c14-8-1-2-11(10(7-8)12(17)18)16-13(19)15-9-3-5-21(20)6-4-9/h1-2,7,9H,3-6H2,(H,17,18)(H2,15,16,19). The first-order valence-electron chi connectivity index (χ1n) is 6.41. The molecule has 1 aliphatic heterocycles. The molecule has 114 valence electrons. The molecule has 0 radical (unpaired) electrons. The molecule has 3 N–H and O–H groups in total. The minimum Gasteiger partial charge on any atom is -0.478 e. The van der Waals surface area contributed by atoms with Crippen LogP contribution in [-0.4, -0.2) is 38.9 Å². The van der Waals surface area contributed by atoms with Crippen LogP contribution in [0.5, 0.6) is 0 Å². The molecule has 2 amide bonds. The van der Waals surface area contributed by atoms with E-state index in [0.29, 0.717) is 24.3 Å². The highest BCUT2D eigenvalue weighted by atomic mass is 127. The fraction of sp³-hybridized carbons (Fsp3) is 0.385. The average Bonchev–Trinajstić information content (AvgIpc) is 2.43. The first-order chi connectivity index (χ1) is 9.95. The second-order valence-electron chi connectivity index (χ2n) is 4.72. The molecule has 8 heteroatoms. The molecule has 0 bridgehead atoms. The SMILES string of the molecule is O=C(Nc1ccc(I)cc1C(=O)O)NC1CCS(=O)CC1. The van der Waals surface area contributed by atoms with Gasteiger partial charge in [-0.05, 0) is 53.6 Å². The number of carboxylic acid groups (broad SMARTS) is 1. The first kappa shape index (κ1) is 16.2. The van der Waals surface area contributed by atoms with Gasteiger partial charge in [0.05, 0.1) is 11.3 Å². The number of amides is 2. The Labute approximate surface area is 138 Å². The largest absolute Gasteiger partial charge is 0.478 e. The van der Waals surface area contributed by atoms with E-state index in [4.69, 9.17) is 5.11 Å². The predicted molar refractivity (Wildman–Crippen MR) is 89.2 cm³/mol. The van der Waals surface area contributed by atoms with Crippen LogP contribution < -0.4 is 10.6 Å². The molecule has 6 nitrogen and oxygen atoms in total. The number of carboxylic acids is 1. The van der Waals surface area contributed by atoms with Gasteiger partial charge in [0, 0.05) is 31.9 Å². The fourth-order valence-corrected chi connectivity index (χ4v) is 3.87. The molecule has 0 unspecified atom stereocenters. The van der Waals surface area contributed by atoms with Crippen molar-refractivity contribution in [3.05, 3.63) is 27.3 Å². The zero-order valence-electron chi connectivity index (χ0n) is 11.1. The number of benzene rings is 1. The molecule has 1 aromatic rings. The Bertz CT molecular complexity index is 584. The van der Waals surface area contributed by atoms with Crippen molar-refractivity contribution in [3.63, 3.8) is 0 Å². The number of carbonyl (C=O) groups excluding carboxylic acids is 1. The summed E-state index contributed by atoms with van der Waals surface area (Å²) in [6, 6.07) is 4.35. The predicted octanol–water partition coefficient (Wildman–Crippen LogP) is 2.02. The summed E-state index contributed by atoms with van der Waals surface area (Å²) < 4.78 is 12.0. The molecule has 0 aromatic heterocycles. The molecule has 0 spiro atoms. The van der Waals surface area contributed by atoms with Gasteiger partial charge in [-0.1, -0.05) is 0 Å². The molecule has 1 aromatic carbocycles. The van der Waals surface area contributed by atoms with Gasteiger partial charge in [-0.3, -0.25) is 4.21 Å². The van der Waals surface area contributed by atoms with Crippen molar-refractivity contribution in [2.75, 3.05) is 16.8 Å². The van der Waals surface area contributed by atoms with Crippen LogP contribution in [0.4, 0.5) is 10.5 Å². The Hall–Kier alpha value is -1.16. The summed E-state index contributed by atoms with van der Waals surface area (Å²) in [6.07, 6.45) is 1.36. The van der Waals surface area contributed by atoms with Crippen molar-refractivity contribution in [2.24, 2.45) is 0 Å². The lowest BCUT2D eigenvalue weighted by Gasteiger charge is -2.22. The Balaban J connectivity index is 1.99. The highest BCUT2D eigenvalue weighted by Crippen LogP contribution is 2.19. The molecule has 1 saturated heterocycles. The molecule has 0 aliphatic carbocycles. The number of hydrogen-bond donors (Lipinski definition) is 3. The molecule has 1 aliphatic rings. The Morgan fingerprint density at radius 2 is 1.95 bits per heavy atom. The zero-order valence-corrected chi connectivity index (χ0v) is 14.1. The van der Waals surface area contributed by atoms with Gasteiger partial charge in [0.15, 0.2) is 0 Å². The van der Waals surface area contributed by atoms with Gasteiger partial charge in [-0.15, -0.1) is 0 Å². The normalized spacial score (nSPS) is 21.6. The summed E-state index contributed by atoms with van der Waals surface area (Å²) in [4.78, 5) is 23.1. The number of urea groups is 1. The van der Waals surface area contributed by atoms with E-state index in [1.54, 1.807) is 12.1 Å². The third-order valence-electron chi connectivity index (χ3n) is 3.18. The fourth-order valence-electron chi connectivity index (χ4n) is 2.08. The summed E-state index contributed by atoms with van der Waals surface area (Å²) in [5.41, 5.74) is 0.321. The number of halogens is 1. The molecule has 0 atom stereocenters. The van der Waals surface area contributed by atoms with Crippen LogP contribution in [0.1, 0.15) is 23.2 Å². The van der Waals surface area contributed by atoms with Crippen LogP contribution in [0, 0.1) is 3.57 Å². The van der Waals surface area contributed by atoms with Crippen LogP contribution >= 0.6 is 22.6 Å². The lowest BCUT2D eigenvalue weighted by molar-refractivity contribution is 0.0698. The first-order valence-corrected chi connectivity index (χ1v) is 8.97. The van der Waals surface area contributed by atoms with E-state index >= 15 is 0 Å². The summed E-state index contributed by atoms with van der Waals surface area (Å²) in [6.45, 7) is 0. The molecule has 1 fully saturated rings. The number of anilines is 1. The maximum atomic E-state index is 11.9. The third kappa shape index (κ3) is 4.67. The van der Waals surface area contributed by atoms with Crippen molar-refractivity contribution in [2.45, 2.75) is 18.9 Å². The van der Waals surface area contributed by atoms with E-state index in [1.165, 1.54) is 6.07 Å². The van der Waals surface area contributed by atoms with Crippen molar-refractivity contribution in [1.82, 2.24) is 5.32 Å². The Kier molecular flexibility index (Phi) is 5.57. The number of rotatable bonds is 3. The molecular weight excluding hydrogens is 407 g/mol. The zero-order chi connectivity index (χ0) is 15.4. The molecule has 0 saturated carbocycles. The molecule has 21 heavy (non-hydrogen) atoms.